The van der Waals surface area contributed by atoms with Crippen molar-refractivity contribution < 1.29 is 19.7 Å². The summed E-state index contributed by atoms with van der Waals surface area (Å²) in [7, 11) is 0. The lowest BCUT2D eigenvalue weighted by Crippen LogP contribution is -2.48. The van der Waals surface area contributed by atoms with E-state index in [1.807, 2.05) is 36.4 Å². The van der Waals surface area contributed by atoms with Crippen LogP contribution in [-0.2, 0) is 6.54 Å². The summed E-state index contributed by atoms with van der Waals surface area (Å²) in [5, 5.41) is 22.0. The van der Waals surface area contributed by atoms with E-state index in [0.29, 0.717) is 25.1 Å². The van der Waals surface area contributed by atoms with Crippen molar-refractivity contribution in [2.24, 2.45) is 0 Å². The van der Waals surface area contributed by atoms with Crippen molar-refractivity contribution in [1.29, 1.82) is 0 Å². The van der Waals surface area contributed by atoms with E-state index in [-0.39, 0.29) is 6.10 Å². The van der Waals surface area contributed by atoms with Crippen LogP contribution in [0.3, 0.4) is 0 Å². The molecule has 6 heteroatoms. The van der Waals surface area contributed by atoms with E-state index in [1.165, 1.54) is 0 Å². The molecule has 3 aromatic rings. The Morgan fingerprint density at radius 3 is 2.86 bits per heavy atom. The smallest absolute Gasteiger partial charge is 0.336 e. The van der Waals surface area contributed by atoms with E-state index in [0.717, 1.165) is 28.6 Å². The van der Waals surface area contributed by atoms with Crippen LogP contribution in [0.5, 0.6) is 5.75 Å². The van der Waals surface area contributed by atoms with Gasteiger partial charge in [-0.05, 0) is 30.2 Å². The summed E-state index contributed by atoms with van der Waals surface area (Å²) in [4.78, 5) is 17.6. The molecule has 6 nitrogen and oxygen atoms in total. The van der Waals surface area contributed by atoms with E-state index in [2.05, 4.69) is 9.88 Å². The minimum absolute atomic E-state index is 0.301. The molecule has 2 aromatic carbocycles. The van der Waals surface area contributed by atoms with Crippen molar-refractivity contribution in [3.05, 3.63) is 72.1 Å². The average Bonchev–Trinajstić information content (AvgIpc) is 2.70. The zero-order valence-electron chi connectivity index (χ0n) is 15.4. The van der Waals surface area contributed by atoms with Gasteiger partial charge < -0.3 is 14.9 Å². The minimum Gasteiger partial charge on any atom is -0.487 e. The summed E-state index contributed by atoms with van der Waals surface area (Å²) in [5.41, 5.74) is 1.06. The van der Waals surface area contributed by atoms with Gasteiger partial charge in [0.25, 0.3) is 0 Å². The zero-order valence-corrected chi connectivity index (χ0v) is 15.4. The van der Waals surface area contributed by atoms with Gasteiger partial charge in [0.1, 0.15) is 18.0 Å². The molecule has 0 radical (unpaired) electrons. The van der Waals surface area contributed by atoms with Crippen LogP contribution in [0.4, 0.5) is 0 Å². The molecule has 0 saturated carbocycles. The molecule has 2 N–H and O–H groups in total. The first-order valence-corrected chi connectivity index (χ1v) is 9.33. The first-order chi connectivity index (χ1) is 13.6. The fourth-order valence-electron chi connectivity index (χ4n) is 3.72. The number of hydrogen-bond acceptors (Lipinski definition) is 5. The number of aromatic carboxylic acids is 1. The molecular formula is C22H22N2O4. The monoisotopic (exact) mass is 378 g/mol. The highest BCUT2D eigenvalue weighted by molar-refractivity contribution is 5.89. The largest absolute Gasteiger partial charge is 0.487 e. The normalized spacial score (nSPS) is 20.2. The lowest BCUT2D eigenvalue weighted by atomic mass is 10.0. The maximum Gasteiger partial charge on any atom is 0.336 e. The lowest BCUT2D eigenvalue weighted by Gasteiger charge is -2.36. The van der Waals surface area contributed by atoms with Gasteiger partial charge in [-0.1, -0.05) is 30.3 Å². The molecule has 2 heterocycles. The molecule has 0 amide bonds. The molecule has 144 valence electrons. The second kappa shape index (κ2) is 7.96. The molecular weight excluding hydrogens is 356 g/mol. The number of rotatable bonds is 5. The molecule has 1 aliphatic rings. The van der Waals surface area contributed by atoms with Crippen LogP contribution >= 0.6 is 0 Å². The summed E-state index contributed by atoms with van der Waals surface area (Å²) in [6.07, 6.45) is 3.24. The molecule has 28 heavy (non-hydrogen) atoms. The fraction of sp³-hybridized carbons (Fsp3) is 0.273. The quantitative estimate of drug-likeness (QED) is 0.710. The summed E-state index contributed by atoms with van der Waals surface area (Å²) in [5.74, 6) is -0.187. The van der Waals surface area contributed by atoms with Gasteiger partial charge in [0, 0.05) is 42.8 Å². The number of pyridine rings is 1. The number of fused-ring (bicyclic) bond motifs is 1. The number of β-amino-alcohol motifs (C(OH)–C–C–N with tert-alkyl or cyclic N) is 1. The predicted molar refractivity (Wildman–Crippen MR) is 105 cm³/mol. The van der Waals surface area contributed by atoms with Crippen LogP contribution in [0.25, 0.3) is 10.8 Å². The van der Waals surface area contributed by atoms with E-state index in [9.17, 15) is 15.0 Å². The van der Waals surface area contributed by atoms with E-state index < -0.39 is 12.1 Å². The zero-order chi connectivity index (χ0) is 19.5. The number of likely N-dealkylation sites (tertiary alicyclic amines) is 1. The number of benzene rings is 2. The Kier molecular flexibility index (Phi) is 5.23. The molecule has 0 bridgehead atoms. The Morgan fingerprint density at radius 2 is 2.04 bits per heavy atom. The van der Waals surface area contributed by atoms with E-state index >= 15 is 0 Å². The highest BCUT2D eigenvalue weighted by atomic mass is 16.5. The standard InChI is InChI=1S/C22H22N2O4/c25-19-14-24(13-16-4-1-2-6-18(16)22(26)27)11-9-21(19)28-20-7-3-5-15-12-23-10-8-17(15)20/h1-8,10,12,19,21,25H,9,11,13-14H2,(H,26,27)/t19-,21-/m1/s1. The maximum atomic E-state index is 11.4. The van der Waals surface area contributed by atoms with Gasteiger partial charge in [0.05, 0.1) is 5.56 Å². The number of aliphatic hydroxyl groups is 1. The van der Waals surface area contributed by atoms with Gasteiger partial charge in [-0.2, -0.15) is 0 Å². The summed E-state index contributed by atoms with van der Waals surface area (Å²) < 4.78 is 6.14. The van der Waals surface area contributed by atoms with Gasteiger partial charge in [-0.25, -0.2) is 4.79 Å². The van der Waals surface area contributed by atoms with Crippen LogP contribution in [0.2, 0.25) is 0 Å². The van der Waals surface area contributed by atoms with E-state index in [1.54, 1.807) is 24.5 Å². The van der Waals surface area contributed by atoms with Crippen molar-refractivity contribution in [2.45, 2.75) is 25.2 Å². The van der Waals surface area contributed by atoms with Gasteiger partial charge in [-0.15, -0.1) is 0 Å². The maximum absolute atomic E-state index is 11.4. The molecule has 1 aromatic heterocycles. The molecule has 0 spiro atoms. The topological polar surface area (TPSA) is 82.9 Å². The van der Waals surface area contributed by atoms with Crippen molar-refractivity contribution >= 4 is 16.7 Å². The highest BCUT2D eigenvalue weighted by Gasteiger charge is 2.30. The second-order valence-electron chi connectivity index (χ2n) is 7.06. The number of ether oxygens (including phenoxy) is 1. The number of piperidine rings is 1. The lowest BCUT2D eigenvalue weighted by molar-refractivity contribution is -0.0269. The number of carbonyl (C=O) groups is 1. The molecule has 1 fully saturated rings. The summed E-state index contributed by atoms with van der Waals surface area (Å²) in [6.45, 7) is 1.65. The third-order valence-corrected chi connectivity index (χ3v) is 5.17. The first-order valence-electron chi connectivity index (χ1n) is 9.33. The van der Waals surface area contributed by atoms with Crippen molar-refractivity contribution in [3.63, 3.8) is 0 Å². The average molecular weight is 378 g/mol. The highest BCUT2D eigenvalue weighted by Crippen LogP contribution is 2.28. The van der Waals surface area contributed by atoms with Crippen molar-refractivity contribution in [3.8, 4) is 5.75 Å². The molecule has 1 saturated heterocycles. The number of aromatic nitrogens is 1. The Morgan fingerprint density at radius 1 is 1.18 bits per heavy atom. The summed E-state index contributed by atoms with van der Waals surface area (Å²) in [6, 6.07) is 14.7. The van der Waals surface area contributed by atoms with Crippen LogP contribution in [-0.4, -0.2) is 51.4 Å². The Labute approximate surface area is 163 Å². The van der Waals surface area contributed by atoms with Crippen LogP contribution < -0.4 is 4.74 Å². The number of nitrogens with zero attached hydrogens (tertiary/aromatic N) is 2. The number of carboxylic acids is 1. The second-order valence-corrected chi connectivity index (χ2v) is 7.06. The SMILES string of the molecule is O=C(O)c1ccccc1CN1CC[C@@H](Oc2cccc3cnccc23)[C@H](O)C1. The van der Waals surface area contributed by atoms with Gasteiger partial charge in [-0.3, -0.25) is 9.88 Å². The molecule has 0 aliphatic carbocycles. The van der Waals surface area contributed by atoms with Gasteiger partial charge in [0.15, 0.2) is 0 Å². The van der Waals surface area contributed by atoms with E-state index in [4.69, 9.17) is 4.74 Å². The third kappa shape index (κ3) is 3.83. The van der Waals surface area contributed by atoms with Gasteiger partial charge in [0.2, 0.25) is 0 Å². The van der Waals surface area contributed by atoms with Crippen LogP contribution in [0.15, 0.2) is 60.9 Å². The number of hydrogen-bond donors (Lipinski definition) is 2. The molecule has 0 unspecified atom stereocenters. The van der Waals surface area contributed by atoms with Crippen molar-refractivity contribution in [1.82, 2.24) is 9.88 Å². The van der Waals surface area contributed by atoms with Crippen LogP contribution in [0.1, 0.15) is 22.3 Å². The minimum atomic E-state index is -0.931. The van der Waals surface area contributed by atoms with Crippen molar-refractivity contribution in [2.75, 3.05) is 13.1 Å². The predicted octanol–water partition coefficient (Wildman–Crippen LogP) is 2.95. The molecule has 2 atom stereocenters. The Hall–Kier alpha value is -2.96. The fourth-order valence-corrected chi connectivity index (χ4v) is 3.72. The number of carboxylic acid groups (broad SMARTS) is 1. The Bertz CT molecular complexity index is 986. The molecule has 1 aliphatic heterocycles. The Balaban J connectivity index is 1.44. The van der Waals surface area contributed by atoms with Gasteiger partial charge >= 0.3 is 5.97 Å². The molecule has 4 rings (SSSR count). The first kappa shape index (κ1) is 18.4. The summed E-state index contributed by atoms with van der Waals surface area (Å²) >= 11 is 0. The number of aliphatic hydroxyl groups excluding tert-OH is 1. The third-order valence-electron chi connectivity index (χ3n) is 5.17. The van der Waals surface area contributed by atoms with Crippen LogP contribution in [0, 0.1) is 0 Å².